The van der Waals surface area contributed by atoms with Crippen molar-refractivity contribution in [1.82, 2.24) is 4.31 Å². The molecule has 0 saturated carbocycles. The van der Waals surface area contributed by atoms with Crippen molar-refractivity contribution < 1.29 is 13.2 Å². The number of rotatable bonds is 2. The number of nitrogens with two attached hydrogens (primary N) is 1. The standard InChI is InChI=1S/C12H17BrN2O3S/c1-8-6-15(7-9(2)18-8)19(16,17)10-3-4-12(14)11(13)5-10/h3-5,8-9H,6-7,14H2,1-2H3. The molecule has 1 saturated heterocycles. The third-order valence-corrected chi connectivity index (χ3v) is 5.51. The van der Waals surface area contributed by atoms with Crippen LogP contribution in [0.15, 0.2) is 27.6 Å². The van der Waals surface area contributed by atoms with Crippen LogP contribution in [-0.2, 0) is 14.8 Å². The molecule has 1 fully saturated rings. The molecule has 0 bridgehead atoms. The third-order valence-electron chi connectivity index (χ3n) is 3.00. The summed E-state index contributed by atoms with van der Waals surface area (Å²) in [5.41, 5.74) is 6.20. The van der Waals surface area contributed by atoms with Crippen LogP contribution in [-0.4, -0.2) is 38.0 Å². The molecule has 2 atom stereocenters. The topological polar surface area (TPSA) is 72.6 Å². The van der Waals surface area contributed by atoms with E-state index < -0.39 is 10.0 Å². The largest absolute Gasteiger partial charge is 0.398 e. The smallest absolute Gasteiger partial charge is 0.243 e. The highest BCUT2D eigenvalue weighted by atomic mass is 79.9. The molecule has 2 rings (SSSR count). The van der Waals surface area contributed by atoms with E-state index >= 15 is 0 Å². The Balaban J connectivity index is 2.33. The van der Waals surface area contributed by atoms with Gasteiger partial charge < -0.3 is 10.5 Å². The summed E-state index contributed by atoms with van der Waals surface area (Å²) in [6.07, 6.45) is -0.202. The van der Waals surface area contributed by atoms with Gasteiger partial charge in [-0.1, -0.05) is 0 Å². The Labute approximate surface area is 121 Å². The van der Waals surface area contributed by atoms with Crippen molar-refractivity contribution in [3.8, 4) is 0 Å². The van der Waals surface area contributed by atoms with Crippen LogP contribution in [0.1, 0.15) is 13.8 Å². The summed E-state index contributed by atoms with van der Waals surface area (Å²) in [4.78, 5) is 0.245. The highest BCUT2D eigenvalue weighted by Gasteiger charge is 2.32. The van der Waals surface area contributed by atoms with Crippen molar-refractivity contribution >= 4 is 31.6 Å². The number of hydrogen-bond donors (Lipinski definition) is 1. The zero-order chi connectivity index (χ0) is 14.2. The third kappa shape index (κ3) is 3.10. The van der Waals surface area contributed by atoms with Crippen molar-refractivity contribution in [3.05, 3.63) is 22.7 Å². The number of hydrogen-bond acceptors (Lipinski definition) is 4. The van der Waals surface area contributed by atoms with Gasteiger partial charge in [-0.3, -0.25) is 0 Å². The van der Waals surface area contributed by atoms with Gasteiger partial charge in [0.25, 0.3) is 0 Å². The lowest BCUT2D eigenvalue weighted by Gasteiger charge is -2.34. The average Bonchev–Trinajstić information content (AvgIpc) is 2.31. The SMILES string of the molecule is CC1CN(S(=O)(=O)c2ccc(N)c(Br)c2)CC(C)O1. The van der Waals surface area contributed by atoms with Crippen LogP contribution in [0.2, 0.25) is 0 Å². The molecule has 2 unspecified atom stereocenters. The summed E-state index contributed by atoms with van der Waals surface area (Å²) >= 11 is 3.25. The van der Waals surface area contributed by atoms with Crippen molar-refractivity contribution in [2.75, 3.05) is 18.8 Å². The number of nitrogen functional groups attached to an aromatic ring is 1. The van der Waals surface area contributed by atoms with Crippen LogP contribution < -0.4 is 5.73 Å². The average molecular weight is 349 g/mol. The van der Waals surface area contributed by atoms with Crippen molar-refractivity contribution in [2.45, 2.75) is 31.0 Å². The van der Waals surface area contributed by atoms with Crippen LogP contribution in [0, 0.1) is 0 Å². The number of morpholine rings is 1. The van der Waals surface area contributed by atoms with E-state index in [1.807, 2.05) is 13.8 Å². The van der Waals surface area contributed by atoms with Crippen LogP contribution in [0.4, 0.5) is 5.69 Å². The lowest BCUT2D eigenvalue weighted by atomic mass is 10.3. The van der Waals surface area contributed by atoms with Crippen LogP contribution in [0.5, 0.6) is 0 Å². The minimum atomic E-state index is -3.50. The molecule has 0 aromatic heterocycles. The number of nitrogens with zero attached hydrogens (tertiary/aromatic N) is 1. The van der Waals surface area contributed by atoms with Crippen molar-refractivity contribution in [1.29, 1.82) is 0 Å². The first kappa shape index (κ1) is 14.8. The molecule has 106 valence electrons. The van der Waals surface area contributed by atoms with Gasteiger partial charge in [-0.2, -0.15) is 4.31 Å². The van der Waals surface area contributed by atoms with E-state index in [1.165, 1.54) is 16.4 Å². The summed E-state index contributed by atoms with van der Waals surface area (Å²) < 4.78 is 32.7. The Morgan fingerprint density at radius 2 is 1.89 bits per heavy atom. The highest BCUT2D eigenvalue weighted by Crippen LogP contribution is 2.26. The molecular weight excluding hydrogens is 332 g/mol. The van der Waals surface area contributed by atoms with E-state index in [0.717, 1.165) is 0 Å². The summed E-state index contributed by atoms with van der Waals surface area (Å²) in [5, 5.41) is 0. The molecule has 7 heteroatoms. The number of sulfonamides is 1. The molecule has 0 aliphatic carbocycles. The molecule has 19 heavy (non-hydrogen) atoms. The molecule has 1 aromatic carbocycles. The number of halogens is 1. The Morgan fingerprint density at radius 1 is 1.32 bits per heavy atom. The van der Waals surface area contributed by atoms with Gasteiger partial charge >= 0.3 is 0 Å². The van der Waals surface area contributed by atoms with E-state index in [-0.39, 0.29) is 17.1 Å². The Bertz CT molecular complexity index is 566. The fourth-order valence-electron chi connectivity index (χ4n) is 2.14. The predicted octanol–water partition coefficient (Wildman–Crippen LogP) is 1.83. The lowest BCUT2D eigenvalue weighted by molar-refractivity contribution is -0.0440. The second-order valence-corrected chi connectivity index (χ2v) is 7.55. The summed E-state index contributed by atoms with van der Waals surface area (Å²) in [6.45, 7) is 4.48. The van der Waals surface area contributed by atoms with Crippen LogP contribution in [0.3, 0.4) is 0 Å². The summed E-state index contributed by atoms with van der Waals surface area (Å²) in [6, 6.07) is 4.65. The van der Waals surface area contributed by atoms with E-state index in [9.17, 15) is 8.42 Å². The van der Waals surface area contributed by atoms with Gasteiger partial charge in [0.1, 0.15) is 0 Å². The molecule has 1 aromatic rings. The van der Waals surface area contributed by atoms with E-state index in [1.54, 1.807) is 6.07 Å². The number of ether oxygens (including phenoxy) is 1. The maximum Gasteiger partial charge on any atom is 0.243 e. The second-order valence-electron chi connectivity index (χ2n) is 4.76. The zero-order valence-corrected chi connectivity index (χ0v) is 13.2. The van der Waals surface area contributed by atoms with Gasteiger partial charge in [-0.25, -0.2) is 8.42 Å². The van der Waals surface area contributed by atoms with Crippen LogP contribution >= 0.6 is 15.9 Å². The Morgan fingerprint density at radius 3 is 2.42 bits per heavy atom. The van der Waals surface area contributed by atoms with Gasteiger partial charge in [-0.15, -0.1) is 0 Å². The first-order valence-electron chi connectivity index (χ1n) is 6.01. The molecule has 5 nitrogen and oxygen atoms in total. The molecular formula is C12H17BrN2O3S. The summed E-state index contributed by atoms with van der Waals surface area (Å²) in [5.74, 6) is 0. The minimum absolute atomic E-state index is 0.101. The monoisotopic (exact) mass is 348 g/mol. The Kier molecular flexibility index (Phi) is 4.20. The van der Waals surface area contributed by atoms with Gasteiger partial charge in [0, 0.05) is 23.2 Å². The van der Waals surface area contributed by atoms with Gasteiger partial charge in [0.05, 0.1) is 17.1 Å². The molecule has 1 aliphatic rings. The zero-order valence-electron chi connectivity index (χ0n) is 10.8. The molecule has 1 aliphatic heterocycles. The fraction of sp³-hybridized carbons (Fsp3) is 0.500. The summed E-state index contributed by atoms with van der Waals surface area (Å²) in [7, 11) is -3.50. The van der Waals surface area contributed by atoms with Gasteiger partial charge in [0.2, 0.25) is 10.0 Å². The second kappa shape index (κ2) is 5.40. The van der Waals surface area contributed by atoms with Gasteiger partial charge in [-0.05, 0) is 48.0 Å². The number of anilines is 1. The molecule has 0 spiro atoms. The highest BCUT2D eigenvalue weighted by molar-refractivity contribution is 9.10. The predicted molar refractivity (Wildman–Crippen MR) is 77.3 cm³/mol. The van der Waals surface area contributed by atoms with Crippen molar-refractivity contribution in [2.24, 2.45) is 0 Å². The van der Waals surface area contributed by atoms with E-state index in [4.69, 9.17) is 10.5 Å². The Hall–Kier alpha value is -0.630. The van der Waals surface area contributed by atoms with Crippen molar-refractivity contribution in [3.63, 3.8) is 0 Å². The fourth-order valence-corrected chi connectivity index (χ4v) is 4.29. The maximum atomic E-state index is 12.6. The first-order chi connectivity index (χ1) is 8.80. The quantitative estimate of drug-likeness (QED) is 0.827. The normalized spacial score (nSPS) is 25.4. The first-order valence-corrected chi connectivity index (χ1v) is 8.24. The van der Waals surface area contributed by atoms with Gasteiger partial charge in [0.15, 0.2) is 0 Å². The minimum Gasteiger partial charge on any atom is -0.398 e. The molecule has 2 N–H and O–H groups in total. The maximum absolute atomic E-state index is 12.6. The molecule has 1 heterocycles. The molecule has 0 amide bonds. The molecule has 0 radical (unpaired) electrons. The number of benzene rings is 1. The lowest BCUT2D eigenvalue weighted by Crippen LogP contribution is -2.48. The van der Waals surface area contributed by atoms with E-state index in [2.05, 4.69) is 15.9 Å². The van der Waals surface area contributed by atoms with E-state index in [0.29, 0.717) is 23.2 Å². The van der Waals surface area contributed by atoms with Crippen LogP contribution in [0.25, 0.3) is 0 Å².